The summed E-state index contributed by atoms with van der Waals surface area (Å²) in [6, 6.07) is 5.46. The molecule has 0 aromatic carbocycles. The molecule has 1 rings (SSSR count). The fourth-order valence-electron chi connectivity index (χ4n) is 3.05. The molecule has 0 amide bonds. The molecule has 0 radical (unpaired) electrons. The molecule has 2 atom stereocenters. The van der Waals surface area contributed by atoms with Crippen LogP contribution in [0.2, 0.25) is 0 Å². The Morgan fingerprint density at radius 2 is 1.81 bits per heavy atom. The van der Waals surface area contributed by atoms with Gasteiger partial charge in [0.2, 0.25) is 0 Å². The van der Waals surface area contributed by atoms with E-state index in [4.69, 9.17) is 0 Å². The van der Waals surface area contributed by atoms with Crippen molar-refractivity contribution in [3.63, 3.8) is 0 Å². The van der Waals surface area contributed by atoms with Crippen LogP contribution >= 0.6 is 0 Å². The molecule has 0 aliphatic rings. The zero-order valence-corrected chi connectivity index (χ0v) is 14.3. The highest BCUT2D eigenvalue weighted by Crippen LogP contribution is 2.16. The monoisotopic (exact) mass is 291 g/mol. The number of nitrogens with zero attached hydrogens (tertiary/aromatic N) is 2. The van der Waals surface area contributed by atoms with Crippen molar-refractivity contribution >= 4 is 0 Å². The van der Waals surface area contributed by atoms with Gasteiger partial charge in [0.25, 0.3) is 0 Å². The number of hydrogen-bond donors (Lipinski definition) is 1. The van der Waals surface area contributed by atoms with E-state index in [1.165, 1.54) is 31.2 Å². The van der Waals surface area contributed by atoms with Crippen LogP contribution in [0.4, 0.5) is 0 Å². The molecule has 1 aromatic heterocycles. The lowest BCUT2D eigenvalue weighted by Gasteiger charge is -2.36. The number of pyridine rings is 1. The molecule has 0 fully saturated rings. The van der Waals surface area contributed by atoms with Gasteiger partial charge < -0.3 is 5.32 Å². The zero-order chi connectivity index (χ0) is 15.5. The van der Waals surface area contributed by atoms with Crippen molar-refractivity contribution < 1.29 is 0 Å². The largest absolute Gasteiger partial charge is 0.312 e. The van der Waals surface area contributed by atoms with E-state index in [0.717, 1.165) is 19.6 Å². The summed E-state index contributed by atoms with van der Waals surface area (Å²) in [6.07, 6.45) is 8.68. The first kappa shape index (κ1) is 18.1. The van der Waals surface area contributed by atoms with Gasteiger partial charge >= 0.3 is 0 Å². The minimum Gasteiger partial charge on any atom is -0.312 e. The van der Waals surface area contributed by atoms with Crippen molar-refractivity contribution in [2.45, 2.75) is 72.0 Å². The molecule has 3 nitrogen and oxygen atoms in total. The van der Waals surface area contributed by atoms with Gasteiger partial charge in [0.1, 0.15) is 0 Å². The zero-order valence-electron chi connectivity index (χ0n) is 14.3. The van der Waals surface area contributed by atoms with Gasteiger partial charge in [-0.05, 0) is 50.0 Å². The van der Waals surface area contributed by atoms with Crippen molar-refractivity contribution in [1.82, 2.24) is 15.2 Å². The predicted molar refractivity (Wildman–Crippen MR) is 91.4 cm³/mol. The second kappa shape index (κ2) is 10.7. The van der Waals surface area contributed by atoms with Gasteiger partial charge in [-0.25, -0.2) is 0 Å². The average Bonchev–Trinajstić information content (AvgIpc) is 2.53. The Bertz CT molecular complexity index is 353. The number of rotatable bonds is 11. The molecule has 0 aliphatic carbocycles. The van der Waals surface area contributed by atoms with E-state index < -0.39 is 0 Å². The minimum atomic E-state index is 0.599. The first-order valence-electron chi connectivity index (χ1n) is 8.63. The fourth-order valence-corrected chi connectivity index (χ4v) is 3.05. The van der Waals surface area contributed by atoms with E-state index in [9.17, 15) is 0 Å². The normalized spacial score (nSPS) is 14.3. The number of hydrogen-bond acceptors (Lipinski definition) is 3. The molecule has 0 saturated heterocycles. The van der Waals surface area contributed by atoms with Crippen LogP contribution in [0.15, 0.2) is 24.5 Å². The smallest absolute Gasteiger partial charge is 0.0271 e. The molecule has 120 valence electrons. The Balaban J connectivity index is 2.75. The topological polar surface area (TPSA) is 28.2 Å². The van der Waals surface area contributed by atoms with Crippen LogP contribution in [-0.4, -0.2) is 35.1 Å². The fraction of sp³-hybridized carbons (Fsp3) is 0.722. The lowest BCUT2D eigenvalue weighted by molar-refractivity contribution is 0.145. The first-order valence-corrected chi connectivity index (χ1v) is 8.63. The van der Waals surface area contributed by atoms with Gasteiger partial charge in [-0.15, -0.1) is 0 Å². The van der Waals surface area contributed by atoms with E-state index in [-0.39, 0.29) is 0 Å². The van der Waals surface area contributed by atoms with Crippen LogP contribution in [0.5, 0.6) is 0 Å². The maximum atomic E-state index is 4.12. The van der Waals surface area contributed by atoms with E-state index in [2.05, 4.69) is 55.0 Å². The van der Waals surface area contributed by atoms with Gasteiger partial charge in [0, 0.05) is 31.0 Å². The second-order valence-corrected chi connectivity index (χ2v) is 5.74. The van der Waals surface area contributed by atoms with Gasteiger partial charge in [-0.3, -0.25) is 9.88 Å². The lowest BCUT2D eigenvalue weighted by Crippen LogP contribution is -2.49. The van der Waals surface area contributed by atoms with Crippen LogP contribution < -0.4 is 5.32 Å². The molecule has 2 unspecified atom stereocenters. The van der Waals surface area contributed by atoms with Crippen molar-refractivity contribution in [2.75, 3.05) is 13.1 Å². The summed E-state index contributed by atoms with van der Waals surface area (Å²) >= 11 is 0. The van der Waals surface area contributed by atoms with Crippen molar-refractivity contribution in [3.8, 4) is 0 Å². The molecule has 3 heteroatoms. The van der Waals surface area contributed by atoms with E-state index >= 15 is 0 Å². The van der Waals surface area contributed by atoms with Crippen LogP contribution in [0.25, 0.3) is 0 Å². The van der Waals surface area contributed by atoms with E-state index in [0.29, 0.717) is 12.1 Å². The molecular weight excluding hydrogens is 258 g/mol. The lowest BCUT2D eigenvalue weighted by atomic mass is 9.98. The third-order valence-electron chi connectivity index (χ3n) is 4.15. The highest BCUT2D eigenvalue weighted by molar-refractivity contribution is 5.09. The summed E-state index contributed by atoms with van der Waals surface area (Å²) in [5, 5.41) is 3.77. The predicted octanol–water partition coefficient (Wildman–Crippen LogP) is 3.85. The molecular formula is C18H33N3. The van der Waals surface area contributed by atoms with Gasteiger partial charge in [0.05, 0.1) is 0 Å². The summed E-state index contributed by atoms with van der Waals surface area (Å²) in [5.74, 6) is 0. The summed E-state index contributed by atoms with van der Waals surface area (Å²) in [6.45, 7) is 12.3. The standard InChI is InChI=1S/C18H33N3/c1-5-9-17(20-12-6-2)18(7-3)21(8-4)15-16-10-13-19-14-11-16/h10-11,13-14,17-18,20H,5-9,12,15H2,1-4H3. The molecule has 1 aromatic rings. The number of nitrogens with one attached hydrogen (secondary N) is 1. The molecule has 0 bridgehead atoms. The van der Waals surface area contributed by atoms with Crippen molar-refractivity contribution in [3.05, 3.63) is 30.1 Å². The Kier molecular flexibility index (Phi) is 9.27. The van der Waals surface area contributed by atoms with Crippen molar-refractivity contribution in [2.24, 2.45) is 0 Å². The van der Waals surface area contributed by atoms with Gasteiger partial charge in [-0.1, -0.05) is 34.1 Å². The van der Waals surface area contributed by atoms with Crippen molar-refractivity contribution in [1.29, 1.82) is 0 Å². The number of likely N-dealkylation sites (N-methyl/N-ethyl adjacent to an activating group) is 1. The SMILES string of the molecule is CCCNC(CCC)C(CC)N(CC)Cc1ccncc1. The summed E-state index contributed by atoms with van der Waals surface area (Å²) in [7, 11) is 0. The summed E-state index contributed by atoms with van der Waals surface area (Å²) in [4.78, 5) is 6.73. The Hall–Kier alpha value is -0.930. The summed E-state index contributed by atoms with van der Waals surface area (Å²) in [5.41, 5.74) is 1.36. The summed E-state index contributed by atoms with van der Waals surface area (Å²) < 4.78 is 0. The molecule has 0 saturated carbocycles. The van der Waals surface area contributed by atoms with Crippen LogP contribution in [0.1, 0.15) is 58.9 Å². The van der Waals surface area contributed by atoms with Crippen LogP contribution in [0.3, 0.4) is 0 Å². The number of aromatic nitrogens is 1. The van der Waals surface area contributed by atoms with Gasteiger partial charge in [0.15, 0.2) is 0 Å². The average molecular weight is 291 g/mol. The second-order valence-electron chi connectivity index (χ2n) is 5.74. The maximum Gasteiger partial charge on any atom is 0.0271 e. The molecule has 0 spiro atoms. The molecule has 21 heavy (non-hydrogen) atoms. The quantitative estimate of drug-likeness (QED) is 0.671. The van der Waals surface area contributed by atoms with E-state index in [1.54, 1.807) is 0 Å². The highest BCUT2D eigenvalue weighted by atomic mass is 15.2. The maximum absolute atomic E-state index is 4.12. The van der Waals surface area contributed by atoms with Crippen LogP contribution in [-0.2, 0) is 6.54 Å². The molecule has 0 aliphatic heterocycles. The minimum absolute atomic E-state index is 0.599. The van der Waals surface area contributed by atoms with E-state index in [1.807, 2.05) is 12.4 Å². The Morgan fingerprint density at radius 1 is 1.10 bits per heavy atom. The Labute approximate surface area is 131 Å². The first-order chi connectivity index (χ1) is 10.3. The third kappa shape index (κ3) is 6.15. The van der Waals surface area contributed by atoms with Crippen LogP contribution in [0, 0.1) is 0 Å². The Morgan fingerprint density at radius 3 is 2.33 bits per heavy atom. The highest BCUT2D eigenvalue weighted by Gasteiger charge is 2.24. The molecule has 1 heterocycles. The molecule has 1 N–H and O–H groups in total. The van der Waals surface area contributed by atoms with Gasteiger partial charge in [-0.2, -0.15) is 0 Å². The third-order valence-corrected chi connectivity index (χ3v) is 4.15.